The summed E-state index contributed by atoms with van der Waals surface area (Å²) in [5.41, 5.74) is 4.16. The zero-order valence-electron chi connectivity index (χ0n) is 25.8. The van der Waals surface area contributed by atoms with E-state index in [2.05, 4.69) is 20.9 Å². The van der Waals surface area contributed by atoms with Crippen LogP contribution in [0.15, 0.2) is 53.6 Å². The Labute approximate surface area is 262 Å². The molecule has 0 bridgehead atoms. The largest absolute Gasteiger partial charge is 0.493 e. The van der Waals surface area contributed by atoms with Crippen LogP contribution in [-0.2, 0) is 22.4 Å². The van der Waals surface area contributed by atoms with Crippen molar-refractivity contribution >= 4 is 29.3 Å². The third-order valence-corrected chi connectivity index (χ3v) is 8.28. The maximum absolute atomic E-state index is 13.8. The van der Waals surface area contributed by atoms with Gasteiger partial charge in [0.2, 0.25) is 23.0 Å². The summed E-state index contributed by atoms with van der Waals surface area (Å²) in [6.45, 7) is 1.92. The molecule has 0 saturated heterocycles. The molecular formula is C33H40N4O6S. The van der Waals surface area contributed by atoms with Gasteiger partial charge in [-0.3, -0.25) is 19.4 Å². The van der Waals surface area contributed by atoms with Gasteiger partial charge in [0.15, 0.2) is 11.5 Å². The van der Waals surface area contributed by atoms with E-state index in [-0.39, 0.29) is 22.9 Å². The van der Waals surface area contributed by atoms with Crippen LogP contribution in [0.2, 0.25) is 0 Å². The molecule has 11 heteroatoms. The average Bonchev–Trinajstić information content (AvgIpc) is 3.26. The maximum Gasteiger partial charge on any atom is 0.242 e. The molecule has 1 aliphatic rings. The first-order valence-electron chi connectivity index (χ1n) is 14.5. The van der Waals surface area contributed by atoms with Crippen LogP contribution in [0.1, 0.15) is 42.5 Å². The Morgan fingerprint density at radius 3 is 2.45 bits per heavy atom. The average molecular weight is 621 g/mol. The summed E-state index contributed by atoms with van der Waals surface area (Å²) in [6.07, 6.45) is 7.79. The number of nitrogens with one attached hydrogen (secondary N) is 3. The lowest BCUT2D eigenvalue weighted by atomic mass is 9.95. The molecule has 44 heavy (non-hydrogen) atoms. The number of carbonyl (C=O) groups is 2. The van der Waals surface area contributed by atoms with E-state index in [1.165, 1.54) is 6.92 Å². The molecule has 10 nitrogen and oxygen atoms in total. The zero-order valence-corrected chi connectivity index (χ0v) is 26.6. The molecule has 1 heterocycles. The van der Waals surface area contributed by atoms with Crippen LogP contribution in [0.25, 0.3) is 11.1 Å². The zero-order chi connectivity index (χ0) is 31.6. The van der Waals surface area contributed by atoms with Gasteiger partial charge in [-0.1, -0.05) is 6.07 Å². The van der Waals surface area contributed by atoms with E-state index >= 15 is 0 Å². The van der Waals surface area contributed by atoms with E-state index in [0.717, 1.165) is 28.0 Å². The number of pyridine rings is 1. The van der Waals surface area contributed by atoms with Gasteiger partial charge in [-0.05, 0) is 90.3 Å². The smallest absolute Gasteiger partial charge is 0.242 e. The number of fused-ring (bicyclic) bond motifs is 3. The van der Waals surface area contributed by atoms with E-state index in [4.69, 9.17) is 14.2 Å². The standard InChI is InChI=1S/C33H40N4O6S/c1-20(38)36-25-8-6-22-18-29(41-2)31(42-3)32(43-4)30(22)23-7-9-26(28(39)19-24(23)25)37-27(13-17-44-5)33(40)35-16-12-21-10-14-34-15-11-21/h7,9-11,14-15,18-19,25,27H,6,8,12-13,16-17H2,1-5H3,(H,35,40)(H,36,38)(H,37,39)/t25-,27-/m0/s1. The highest BCUT2D eigenvalue weighted by Gasteiger charge is 2.30. The fourth-order valence-electron chi connectivity index (χ4n) is 5.52. The highest BCUT2D eigenvalue weighted by Crippen LogP contribution is 2.50. The molecule has 1 aromatic heterocycles. The van der Waals surface area contributed by atoms with Crippen molar-refractivity contribution in [3.63, 3.8) is 0 Å². The Balaban J connectivity index is 1.75. The summed E-state index contributed by atoms with van der Waals surface area (Å²) in [4.78, 5) is 43.3. The molecule has 0 spiro atoms. The van der Waals surface area contributed by atoms with Crippen molar-refractivity contribution in [3.05, 3.63) is 75.7 Å². The molecule has 3 aromatic rings. The third kappa shape index (κ3) is 7.63. The summed E-state index contributed by atoms with van der Waals surface area (Å²) in [5, 5.41) is 9.25. The number of thioether (sulfide) groups is 1. The van der Waals surface area contributed by atoms with Crippen molar-refractivity contribution in [3.8, 4) is 28.4 Å². The second-order valence-electron chi connectivity index (χ2n) is 10.5. The molecule has 0 aliphatic heterocycles. The van der Waals surface area contributed by atoms with Crippen LogP contribution in [0.4, 0.5) is 5.69 Å². The number of amides is 2. The van der Waals surface area contributed by atoms with Gasteiger partial charge in [0.1, 0.15) is 6.04 Å². The fourth-order valence-corrected chi connectivity index (χ4v) is 5.99. The lowest BCUT2D eigenvalue weighted by molar-refractivity contribution is -0.122. The van der Waals surface area contributed by atoms with Gasteiger partial charge in [0.25, 0.3) is 0 Å². The minimum absolute atomic E-state index is 0.180. The van der Waals surface area contributed by atoms with Gasteiger partial charge in [0, 0.05) is 31.4 Å². The van der Waals surface area contributed by atoms with Gasteiger partial charge in [0.05, 0.1) is 33.1 Å². The lowest BCUT2D eigenvalue weighted by Crippen LogP contribution is -2.41. The maximum atomic E-state index is 13.8. The molecule has 2 aromatic carbocycles. The topological polar surface area (TPSA) is 128 Å². The molecular weight excluding hydrogens is 580 g/mol. The van der Waals surface area contributed by atoms with Crippen LogP contribution in [-0.4, -0.2) is 62.7 Å². The summed E-state index contributed by atoms with van der Waals surface area (Å²) in [6, 6.07) is 9.81. The highest BCUT2D eigenvalue weighted by atomic mass is 32.2. The number of hydrogen-bond donors (Lipinski definition) is 3. The Morgan fingerprint density at radius 2 is 1.80 bits per heavy atom. The Kier molecular flexibility index (Phi) is 11.5. The molecule has 3 N–H and O–H groups in total. The van der Waals surface area contributed by atoms with Crippen molar-refractivity contribution < 1.29 is 23.8 Å². The highest BCUT2D eigenvalue weighted by molar-refractivity contribution is 7.98. The number of methoxy groups -OCH3 is 3. The van der Waals surface area contributed by atoms with Crippen LogP contribution >= 0.6 is 11.8 Å². The summed E-state index contributed by atoms with van der Waals surface area (Å²) < 4.78 is 17.1. The number of nitrogens with zero attached hydrogens (tertiary/aromatic N) is 1. The number of hydrogen-bond acceptors (Lipinski definition) is 9. The fraction of sp³-hybridized carbons (Fsp3) is 0.394. The molecule has 0 unspecified atom stereocenters. The van der Waals surface area contributed by atoms with Crippen LogP contribution in [0.3, 0.4) is 0 Å². The van der Waals surface area contributed by atoms with E-state index in [0.29, 0.717) is 55.0 Å². The van der Waals surface area contributed by atoms with Crippen LogP contribution in [0, 0.1) is 0 Å². The minimum Gasteiger partial charge on any atom is -0.493 e. The SMILES string of the molecule is COc1cc2c(c(OC)c1OC)-c1ccc(N[C@@H](CCSC)C(=O)NCCc3ccncc3)c(=O)cc1[C@@H](NC(C)=O)CC2. The second kappa shape index (κ2) is 15.5. The summed E-state index contributed by atoms with van der Waals surface area (Å²) in [5.74, 6) is 1.79. The van der Waals surface area contributed by atoms with Crippen LogP contribution in [0.5, 0.6) is 17.2 Å². The predicted octanol–water partition coefficient (Wildman–Crippen LogP) is 4.15. The predicted molar refractivity (Wildman–Crippen MR) is 174 cm³/mol. The number of benzene rings is 1. The normalized spacial score (nSPS) is 14.2. The third-order valence-electron chi connectivity index (χ3n) is 7.64. The summed E-state index contributed by atoms with van der Waals surface area (Å²) in [7, 11) is 4.68. The van der Waals surface area contributed by atoms with Crippen molar-refractivity contribution in [2.24, 2.45) is 0 Å². The Morgan fingerprint density at radius 1 is 1.05 bits per heavy atom. The van der Waals surface area contributed by atoms with Gasteiger partial charge in [-0.25, -0.2) is 0 Å². The summed E-state index contributed by atoms with van der Waals surface area (Å²) >= 11 is 1.63. The molecule has 0 fully saturated rings. The first-order chi connectivity index (χ1) is 21.3. The van der Waals surface area contributed by atoms with Crippen LogP contribution < -0.4 is 35.6 Å². The molecule has 0 saturated carbocycles. The van der Waals surface area contributed by atoms with Gasteiger partial charge >= 0.3 is 0 Å². The number of ether oxygens (including phenoxy) is 3. The quantitative estimate of drug-likeness (QED) is 0.258. The second-order valence-corrected chi connectivity index (χ2v) is 11.5. The van der Waals surface area contributed by atoms with Crippen molar-refractivity contribution in [1.82, 2.24) is 15.6 Å². The van der Waals surface area contributed by atoms with Crippen molar-refractivity contribution in [1.29, 1.82) is 0 Å². The van der Waals surface area contributed by atoms with E-state index in [1.54, 1.807) is 57.6 Å². The van der Waals surface area contributed by atoms with Gasteiger partial charge in [-0.2, -0.15) is 11.8 Å². The van der Waals surface area contributed by atoms with E-state index in [1.807, 2.05) is 30.5 Å². The number of aromatic nitrogens is 1. The first kappa shape index (κ1) is 32.7. The van der Waals surface area contributed by atoms with Crippen molar-refractivity contribution in [2.75, 3.05) is 45.2 Å². The number of carbonyl (C=O) groups excluding carboxylic acids is 2. The minimum atomic E-state index is -0.618. The van der Waals surface area contributed by atoms with Gasteiger partial charge in [-0.15, -0.1) is 0 Å². The van der Waals surface area contributed by atoms with Crippen molar-refractivity contribution in [2.45, 2.75) is 44.7 Å². The molecule has 0 radical (unpaired) electrons. The van der Waals surface area contributed by atoms with Gasteiger partial charge < -0.3 is 30.2 Å². The first-order valence-corrected chi connectivity index (χ1v) is 15.9. The Hall–Kier alpha value is -4.25. The molecule has 234 valence electrons. The number of rotatable bonds is 13. The molecule has 4 rings (SSSR count). The number of anilines is 1. The van der Waals surface area contributed by atoms with E-state index in [9.17, 15) is 14.4 Å². The monoisotopic (exact) mass is 620 g/mol. The molecule has 1 aliphatic carbocycles. The molecule has 2 atom stereocenters. The lowest BCUT2D eigenvalue weighted by Gasteiger charge is -2.19. The molecule has 2 amide bonds. The Bertz CT molecular complexity index is 1540. The van der Waals surface area contributed by atoms with E-state index < -0.39 is 12.1 Å². The number of aryl methyl sites for hydroxylation is 1.